The smallest absolute Gasteiger partial charge is 0.262 e. The molecule has 1 aliphatic rings. The number of nitrogens with zero attached hydrogens (tertiary/aromatic N) is 2. The van der Waals surface area contributed by atoms with E-state index >= 15 is 0 Å². The Balaban J connectivity index is 1.67. The summed E-state index contributed by atoms with van der Waals surface area (Å²) in [6.07, 6.45) is 1.54. The van der Waals surface area contributed by atoms with Crippen molar-refractivity contribution in [3.05, 3.63) is 48.2 Å². The Hall–Kier alpha value is -2.92. The molecular weight excluding hydrogens is 404 g/mol. The van der Waals surface area contributed by atoms with E-state index in [1.54, 1.807) is 31.3 Å². The molecule has 1 aromatic heterocycles. The van der Waals surface area contributed by atoms with E-state index in [4.69, 9.17) is 0 Å². The number of carbonyl (C=O) groups excluding carboxylic acids is 1. The van der Waals surface area contributed by atoms with Gasteiger partial charge in [0.25, 0.3) is 10.0 Å². The fraction of sp³-hybridized carbons (Fsp3) is 0.176. The topological polar surface area (TPSA) is 129 Å². The van der Waals surface area contributed by atoms with Crippen molar-refractivity contribution >= 4 is 48.2 Å². The number of benzene rings is 2. The van der Waals surface area contributed by atoms with Crippen LogP contribution in [0.2, 0.25) is 0 Å². The highest BCUT2D eigenvalue weighted by Crippen LogP contribution is 2.29. The molecule has 9 nitrogen and oxygen atoms in total. The number of hydrogen-bond acceptors (Lipinski definition) is 6. The number of hydrogen-bond donors (Lipinski definition) is 2. The molecule has 2 heterocycles. The molecule has 0 saturated carbocycles. The van der Waals surface area contributed by atoms with Gasteiger partial charge in [-0.05, 0) is 48.9 Å². The Labute approximate surface area is 161 Å². The third-order valence-electron chi connectivity index (χ3n) is 4.46. The quantitative estimate of drug-likeness (QED) is 0.661. The second-order valence-corrected chi connectivity index (χ2v) is 10.0. The summed E-state index contributed by atoms with van der Waals surface area (Å²) in [4.78, 5) is 11.9. The minimum absolute atomic E-state index is 0.00926. The van der Waals surface area contributed by atoms with Crippen molar-refractivity contribution in [2.24, 2.45) is 0 Å². The molecule has 1 amide bonds. The monoisotopic (exact) mass is 420 g/mol. The zero-order valence-electron chi connectivity index (χ0n) is 14.7. The first-order valence-corrected chi connectivity index (χ1v) is 11.4. The van der Waals surface area contributed by atoms with Crippen molar-refractivity contribution in [1.29, 1.82) is 0 Å². The summed E-state index contributed by atoms with van der Waals surface area (Å²) in [7, 11) is -7.62. The van der Waals surface area contributed by atoms with Crippen molar-refractivity contribution in [3.63, 3.8) is 0 Å². The van der Waals surface area contributed by atoms with Gasteiger partial charge in [-0.3, -0.25) is 14.6 Å². The van der Waals surface area contributed by atoms with Gasteiger partial charge in [0.1, 0.15) is 0 Å². The predicted octanol–water partition coefficient (Wildman–Crippen LogP) is 1.74. The molecule has 0 unspecified atom stereocenters. The molecule has 4 rings (SSSR count). The molecule has 1 fully saturated rings. The zero-order chi connectivity index (χ0) is 20.1. The van der Waals surface area contributed by atoms with Gasteiger partial charge in [-0.25, -0.2) is 21.1 Å². The lowest BCUT2D eigenvalue weighted by atomic mass is 10.2. The van der Waals surface area contributed by atoms with Gasteiger partial charge < -0.3 is 0 Å². The molecule has 11 heteroatoms. The van der Waals surface area contributed by atoms with Crippen LogP contribution in [0.4, 0.5) is 11.4 Å². The summed E-state index contributed by atoms with van der Waals surface area (Å²) in [5, 5.41) is 7.51. The van der Waals surface area contributed by atoms with Gasteiger partial charge in [-0.15, -0.1) is 0 Å². The third kappa shape index (κ3) is 3.12. The Bertz CT molecular complexity index is 1310. The van der Waals surface area contributed by atoms with Crippen LogP contribution in [0, 0.1) is 6.92 Å². The number of nitrogens with one attached hydrogen (secondary N) is 2. The molecule has 0 aliphatic carbocycles. The fourth-order valence-electron chi connectivity index (χ4n) is 3.14. The van der Waals surface area contributed by atoms with Gasteiger partial charge in [0.15, 0.2) is 0 Å². The number of aromatic nitrogens is 2. The molecule has 1 aliphatic heterocycles. The van der Waals surface area contributed by atoms with E-state index in [-0.39, 0.29) is 22.8 Å². The standard InChI is InChI=1S/C17H16N4O5S2/c1-11-8-14(21-17(22)6-7-27(21,23)24)4-5-16(11)28(25,26)20-13-3-2-12-10-18-19-15(12)9-13/h2-5,8-10,20H,6-7H2,1H3,(H,18,19). The number of anilines is 2. The van der Waals surface area contributed by atoms with Crippen LogP contribution in [-0.2, 0) is 24.8 Å². The van der Waals surface area contributed by atoms with E-state index in [0.29, 0.717) is 16.8 Å². The average molecular weight is 420 g/mol. The number of sulfonamides is 2. The third-order valence-corrected chi connectivity index (χ3v) is 7.69. The number of carbonyl (C=O) groups is 1. The van der Waals surface area contributed by atoms with Gasteiger partial charge in [0.2, 0.25) is 15.9 Å². The van der Waals surface area contributed by atoms with Crippen LogP contribution in [0.3, 0.4) is 0 Å². The average Bonchev–Trinajstić information content (AvgIpc) is 3.17. The molecule has 0 atom stereocenters. The summed E-state index contributed by atoms with van der Waals surface area (Å²) in [6, 6.07) is 8.97. The highest BCUT2D eigenvalue weighted by molar-refractivity contribution is 7.94. The molecule has 2 aromatic carbocycles. The van der Waals surface area contributed by atoms with Crippen LogP contribution in [0.1, 0.15) is 12.0 Å². The molecule has 28 heavy (non-hydrogen) atoms. The van der Waals surface area contributed by atoms with Gasteiger partial charge in [0, 0.05) is 11.8 Å². The Kier molecular flexibility index (Phi) is 4.16. The Morgan fingerprint density at radius 3 is 2.64 bits per heavy atom. The van der Waals surface area contributed by atoms with E-state index in [1.807, 2.05) is 0 Å². The fourth-order valence-corrected chi connectivity index (χ4v) is 5.87. The van der Waals surface area contributed by atoms with Gasteiger partial charge in [-0.2, -0.15) is 5.10 Å². The van der Waals surface area contributed by atoms with Crippen LogP contribution >= 0.6 is 0 Å². The molecule has 3 aromatic rings. The summed E-state index contributed by atoms with van der Waals surface area (Å²) in [5.41, 5.74) is 1.50. The molecule has 0 bridgehead atoms. The maximum Gasteiger partial charge on any atom is 0.262 e. The lowest BCUT2D eigenvalue weighted by molar-refractivity contribution is -0.116. The summed E-state index contributed by atoms with van der Waals surface area (Å²) in [6.45, 7) is 1.54. The summed E-state index contributed by atoms with van der Waals surface area (Å²) < 4.78 is 52.9. The number of aryl methyl sites for hydroxylation is 1. The molecule has 146 valence electrons. The van der Waals surface area contributed by atoms with E-state index in [0.717, 1.165) is 9.69 Å². The number of amides is 1. The van der Waals surface area contributed by atoms with E-state index < -0.39 is 26.0 Å². The maximum absolute atomic E-state index is 12.8. The SMILES string of the molecule is Cc1cc(N2C(=O)CCS2(=O)=O)ccc1S(=O)(=O)Nc1ccc2cn[nH]c2c1. The van der Waals surface area contributed by atoms with E-state index in [9.17, 15) is 21.6 Å². The normalized spacial score (nSPS) is 16.6. The van der Waals surface area contributed by atoms with E-state index in [2.05, 4.69) is 14.9 Å². The van der Waals surface area contributed by atoms with Crippen LogP contribution in [0.5, 0.6) is 0 Å². The number of H-pyrrole nitrogens is 1. The van der Waals surface area contributed by atoms with Gasteiger partial charge >= 0.3 is 0 Å². The first-order valence-electron chi connectivity index (χ1n) is 8.30. The largest absolute Gasteiger partial charge is 0.280 e. The second-order valence-electron chi connectivity index (χ2n) is 6.45. The van der Waals surface area contributed by atoms with Crippen molar-refractivity contribution in [3.8, 4) is 0 Å². The molecule has 1 saturated heterocycles. The lowest BCUT2D eigenvalue weighted by Crippen LogP contribution is -2.29. The van der Waals surface area contributed by atoms with Crippen molar-refractivity contribution in [2.75, 3.05) is 14.8 Å². The van der Waals surface area contributed by atoms with Crippen molar-refractivity contribution < 1.29 is 21.6 Å². The minimum Gasteiger partial charge on any atom is -0.280 e. The van der Waals surface area contributed by atoms with Crippen LogP contribution < -0.4 is 9.03 Å². The Morgan fingerprint density at radius 2 is 1.96 bits per heavy atom. The number of aromatic amines is 1. The first kappa shape index (κ1) is 18.4. The highest BCUT2D eigenvalue weighted by atomic mass is 32.2. The number of fused-ring (bicyclic) bond motifs is 1. The number of rotatable bonds is 4. The van der Waals surface area contributed by atoms with Crippen LogP contribution in [0.15, 0.2) is 47.5 Å². The summed E-state index contributed by atoms with van der Waals surface area (Å²) >= 11 is 0. The zero-order valence-corrected chi connectivity index (χ0v) is 16.3. The molecule has 0 spiro atoms. The summed E-state index contributed by atoms with van der Waals surface area (Å²) in [5.74, 6) is -0.774. The molecule has 2 N–H and O–H groups in total. The van der Waals surface area contributed by atoms with Crippen molar-refractivity contribution in [2.45, 2.75) is 18.2 Å². The van der Waals surface area contributed by atoms with Crippen molar-refractivity contribution in [1.82, 2.24) is 10.2 Å². The lowest BCUT2D eigenvalue weighted by Gasteiger charge is -2.17. The minimum atomic E-state index is -3.92. The first-order chi connectivity index (χ1) is 13.2. The second kappa shape index (κ2) is 6.31. The maximum atomic E-state index is 12.8. The van der Waals surface area contributed by atoms with Gasteiger partial charge in [0.05, 0.1) is 33.7 Å². The predicted molar refractivity (Wildman–Crippen MR) is 104 cm³/mol. The van der Waals surface area contributed by atoms with Crippen LogP contribution in [-0.4, -0.2) is 38.7 Å². The Morgan fingerprint density at radius 1 is 1.18 bits per heavy atom. The van der Waals surface area contributed by atoms with Gasteiger partial charge in [-0.1, -0.05) is 0 Å². The molecular formula is C17H16N4O5S2. The molecule has 0 radical (unpaired) electrons. The highest BCUT2D eigenvalue weighted by Gasteiger charge is 2.36. The van der Waals surface area contributed by atoms with E-state index in [1.165, 1.54) is 18.2 Å². The van der Waals surface area contributed by atoms with Crippen LogP contribution in [0.25, 0.3) is 10.9 Å².